The number of carbonyl (C=O) groups excluding carboxylic acids is 5. The summed E-state index contributed by atoms with van der Waals surface area (Å²) < 4.78 is 41.8. The minimum Gasteiger partial charge on any atom is -0.459 e. The van der Waals surface area contributed by atoms with Gasteiger partial charge in [-0.25, -0.2) is 14.4 Å². The zero-order valence-electron chi connectivity index (χ0n) is 33.1. The SMILES string of the molecule is CC(=O)O[C@@]12CO[C@@H]1C[C@H](O)[C@]1(C)C2C(OC(=O)c2ccccc2)[C@]23OC(=O)O[C@H]2[C@H](OC(=O)[C@H](O)[C@@H](NC(=O)c2ccco2)C(C)C)C(C)=C([C@@H](O)[C@H]1O)C3(C)C. The molecule has 1 aromatic carbocycles. The van der Waals surface area contributed by atoms with E-state index in [-0.39, 0.29) is 35.5 Å². The van der Waals surface area contributed by atoms with Crippen LogP contribution in [-0.2, 0) is 38.0 Å². The summed E-state index contributed by atoms with van der Waals surface area (Å²) in [6, 6.07) is 9.48. The average molecular weight is 812 g/mol. The maximum atomic E-state index is 14.3. The van der Waals surface area contributed by atoms with Gasteiger partial charge in [0, 0.05) is 24.2 Å². The van der Waals surface area contributed by atoms with Crippen LogP contribution in [0.1, 0.15) is 75.8 Å². The molecule has 2 saturated carbocycles. The van der Waals surface area contributed by atoms with Crippen LogP contribution in [0.3, 0.4) is 0 Å². The third kappa shape index (κ3) is 5.95. The first-order chi connectivity index (χ1) is 27.2. The lowest BCUT2D eigenvalue weighted by Gasteiger charge is -2.68. The Hall–Kier alpha value is -4.81. The van der Waals surface area contributed by atoms with Gasteiger partial charge in [0.05, 0.1) is 42.6 Å². The van der Waals surface area contributed by atoms with Gasteiger partial charge < -0.3 is 58.6 Å². The average Bonchev–Trinajstić information content (AvgIpc) is 3.84. The fourth-order valence-corrected chi connectivity index (χ4v) is 10.3. The second-order valence-electron chi connectivity index (χ2n) is 17.0. The zero-order chi connectivity index (χ0) is 42.3. The lowest BCUT2D eigenvalue weighted by molar-refractivity contribution is -0.364. The summed E-state index contributed by atoms with van der Waals surface area (Å²) in [5.74, 6) is -5.81. The summed E-state index contributed by atoms with van der Waals surface area (Å²) in [7, 11) is 0. The van der Waals surface area contributed by atoms with Crippen molar-refractivity contribution < 1.29 is 77.2 Å². The summed E-state index contributed by atoms with van der Waals surface area (Å²) in [4.78, 5) is 68.1. The first kappa shape index (κ1) is 41.4. The van der Waals surface area contributed by atoms with Gasteiger partial charge in [0.15, 0.2) is 35.8 Å². The number of esters is 3. The number of aliphatic hydroxyl groups is 4. The number of rotatable bonds is 9. The monoisotopic (exact) mass is 811 g/mol. The Balaban J connectivity index is 1.42. The fourth-order valence-electron chi connectivity index (χ4n) is 10.3. The molecule has 2 bridgehead atoms. The quantitative estimate of drug-likeness (QED) is 0.138. The molecule has 3 aliphatic carbocycles. The number of hydrogen-bond acceptors (Lipinski definition) is 16. The lowest BCUT2D eigenvalue weighted by atomic mass is 9.44. The second-order valence-corrected chi connectivity index (χ2v) is 17.0. The molecule has 1 amide bonds. The Morgan fingerprint density at radius 1 is 0.983 bits per heavy atom. The van der Waals surface area contributed by atoms with Crippen molar-refractivity contribution in [2.75, 3.05) is 6.61 Å². The Morgan fingerprint density at radius 2 is 1.67 bits per heavy atom. The highest BCUT2D eigenvalue weighted by atomic mass is 16.8. The van der Waals surface area contributed by atoms with Gasteiger partial charge in [-0.05, 0) is 48.3 Å². The van der Waals surface area contributed by atoms with Crippen LogP contribution < -0.4 is 5.32 Å². The van der Waals surface area contributed by atoms with E-state index in [1.54, 1.807) is 45.9 Å². The third-order valence-electron chi connectivity index (χ3n) is 13.2. The molecule has 2 aromatic rings. The number of ether oxygens (including phenoxy) is 6. The number of furan rings is 1. The number of aliphatic hydroxyl groups excluding tert-OH is 4. The molecule has 17 nitrogen and oxygen atoms in total. The van der Waals surface area contributed by atoms with E-state index in [4.69, 9.17) is 32.8 Å². The van der Waals surface area contributed by atoms with Crippen LogP contribution in [0.5, 0.6) is 0 Å². The van der Waals surface area contributed by atoms with Crippen molar-refractivity contribution in [1.29, 1.82) is 0 Å². The second kappa shape index (κ2) is 14.5. The van der Waals surface area contributed by atoms with E-state index in [0.717, 1.165) is 6.92 Å². The standard InChI is InChI=1S/C41H49NO16/c1-18(2)26(42-34(48)22-14-11-15-52-22)28(46)36(50)54-29-19(3)25-27(45)31(47)39(7)23(44)16-24-40(17-53-24,57-20(4)43)30(39)33(55-35(49)21-12-9-8-10-13-21)41(38(25,5)6)32(29)56-37(51)58-41/h8-15,18,23-24,26-33,44-47H,16-17H2,1-7H3,(H,42,48)/t23-,24+,26-,27+,28+,29+,30?,31+,32-,33?,39+,40-,41+/m0/s1. The van der Waals surface area contributed by atoms with Crippen molar-refractivity contribution in [3.8, 4) is 0 Å². The van der Waals surface area contributed by atoms with Gasteiger partial charge in [-0.3, -0.25) is 9.59 Å². The molecular formula is C41H49NO16. The van der Waals surface area contributed by atoms with Crippen LogP contribution in [0.15, 0.2) is 64.3 Å². The Kier molecular flexibility index (Phi) is 10.3. The molecule has 2 aliphatic heterocycles. The van der Waals surface area contributed by atoms with Gasteiger partial charge in [-0.2, -0.15) is 0 Å². The molecule has 5 aliphatic rings. The number of hydrogen-bond donors (Lipinski definition) is 5. The van der Waals surface area contributed by atoms with Crippen molar-refractivity contribution in [2.45, 2.75) is 121 Å². The van der Waals surface area contributed by atoms with Crippen LogP contribution in [0.4, 0.5) is 4.79 Å². The first-order valence-corrected chi connectivity index (χ1v) is 19.2. The molecule has 58 heavy (non-hydrogen) atoms. The third-order valence-corrected chi connectivity index (χ3v) is 13.2. The largest absolute Gasteiger partial charge is 0.509 e. The maximum Gasteiger partial charge on any atom is 0.509 e. The minimum absolute atomic E-state index is 0.00507. The predicted octanol–water partition coefficient (Wildman–Crippen LogP) is 1.99. The predicted molar refractivity (Wildman–Crippen MR) is 195 cm³/mol. The highest BCUT2D eigenvalue weighted by molar-refractivity contribution is 5.92. The van der Waals surface area contributed by atoms with Crippen molar-refractivity contribution in [3.05, 3.63) is 71.2 Å². The molecule has 17 heteroatoms. The van der Waals surface area contributed by atoms with Crippen molar-refractivity contribution in [1.82, 2.24) is 5.32 Å². The number of carbonyl (C=O) groups is 5. The van der Waals surface area contributed by atoms with Crippen LogP contribution in [0, 0.1) is 22.7 Å². The van der Waals surface area contributed by atoms with Crippen molar-refractivity contribution >= 4 is 30.0 Å². The lowest BCUT2D eigenvalue weighted by Crippen LogP contribution is -2.83. The highest BCUT2D eigenvalue weighted by Crippen LogP contribution is 2.67. The molecule has 13 atom stereocenters. The van der Waals surface area contributed by atoms with Crippen molar-refractivity contribution in [2.24, 2.45) is 22.7 Å². The molecule has 3 heterocycles. The summed E-state index contributed by atoms with van der Waals surface area (Å²) in [5.41, 5.74) is -7.41. The summed E-state index contributed by atoms with van der Waals surface area (Å²) in [6.07, 6.45) is -13.6. The Morgan fingerprint density at radius 3 is 2.26 bits per heavy atom. The Bertz CT molecular complexity index is 2000. The molecule has 314 valence electrons. The molecule has 5 N–H and O–H groups in total. The molecule has 1 aromatic heterocycles. The van der Waals surface area contributed by atoms with E-state index >= 15 is 0 Å². The number of fused-ring (bicyclic) bond motifs is 4. The molecule has 2 saturated heterocycles. The molecule has 0 radical (unpaired) electrons. The van der Waals surface area contributed by atoms with Crippen LogP contribution >= 0.6 is 0 Å². The number of benzene rings is 1. The Labute approximate surface area is 333 Å². The summed E-state index contributed by atoms with van der Waals surface area (Å²) in [6.45, 7) is 10.2. The normalized spacial score (nSPS) is 36.9. The number of amides is 1. The smallest absolute Gasteiger partial charge is 0.459 e. The van der Waals surface area contributed by atoms with E-state index in [1.165, 1.54) is 44.4 Å². The number of nitrogens with one attached hydrogen (secondary N) is 1. The van der Waals surface area contributed by atoms with Crippen molar-refractivity contribution in [3.63, 3.8) is 0 Å². The van der Waals surface area contributed by atoms with E-state index in [0.29, 0.717) is 0 Å². The van der Waals surface area contributed by atoms with Crippen LogP contribution in [-0.4, -0.2) is 123 Å². The summed E-state index contributed by atoms with van der Waals surface area (Å²) in [5, 5.41) is 50.9. The van der Waals surface area contributed by atoms with Gasteiger partial charge in [-0.15, -0.1) is 0 Å². The molecular weight excluding hydrogens is 762 g/mol. The van der Waals surface area contributed by atoms with Gasteiger partial charge >= 0.3 is 24.1 Å². The zero-order valence-corrected chi connectivity index (χ0v) is 33.1. The first-order valence-electron chi connectivity index (χ1n) is 19.2. The van der Waals surface area contributed by atoms with Crippen LogP contribution in [0.2, 0.25) is 0 Å². The molecule has 1 spiro atoms. The summed E-state index contributed by atoms with van der Waals surface area (Å²) >= 11 is 0. The van der Waals surface area contributed by atoms with E-state index in [2.05, 4.69) is 5.32 Å². The van der Waals surface area contributed by atoms with Gasteiger partial charge in [0.2, 0.25) is 5.60 Å². The van der Waals surface area contributed by atoms with E-state index in [1.807, 2.05) is 0 Å². The molecule has 4 fully saturated rings. The topological polar surface area (TPSA) is 247 Å². The highest BCUT2D eigenvalue weighted by Gasteiger charge is 2.82. The van der Waals surface area contributed by atoms with Gasteiger partial charge in [0.1, 0.15) is 12.2 Å². The van der Waals surface area contributed by atoms with E-state index < -0.39 is 119 Å². The van der Waals surface area contributed by atoms with Gasteiger partial charge in [-0.1, -0.05) is 52.8 Å². The van der Waals surface area contributed by atoms with Crippen LogP contribution in [0.25, 0.3) is 0 Å². The van der Waals surface area contributed by atoms with Gasteiger partial charge in [0.25, 0.3) is 5.91 Å². The fraction of sp³-hybridized carbons (Fsp3) is 0.585. The van der Waals surface area contributed by atoms with E-state index in [9.17, 15) is 44.4 Å². The molecule has 2 unspecified atom stereocenters. The minimum atomic E-state index is -2.28. The maximum absolute atomic E-state index is 14.3. The molecule has 7 rings (SSSR count).